The molecule has 124 valence electrons. The Balaban J connectivity index is 1.81. The molecule has 0 heterocycles. The van der Waals surface area contributed by atoms with Gasteiger partial charge in [0, 0.05) is 37.2 Å². The van der Waals surface area contributed by atoms with Gasteiger partial charge in [-0.15, -0.1) is 0 Å². The second kappa shape index (κ2) is 9.29. The third kappa shape index (κ3) is 5.66. The largest absolute Gasteiger partial charge is 0.377 e. The molecule has 1 aliphatic carbocycles. The van der Waals surface area contributed by atoms with Crippen molar-refractivity contribution < 1.29 is 9.59 Å². The van der Waals surface area contributed by atoms with Crippen LogP contribution in [0.15, 0.2) is 42.6 Å². The molecular formula is C20H27NO2. The van der Waals surface area contributed by atoms with Crippen LogP contribution in [0.4, 0.5) is 0 Å². The minimum Gasteiger partial charge on any atom is -0.377 e. The lowest BCUT2D eigenvalue weighted by molar-refractivity contribution is -0.119. The Morgan fingerprint density at radius 3 is 2.48 bits per heavy atom. The Kier molecular flexibility index (Phi) is 7.05. The number of carbonyl (C=O) groups excluding carboxylic acids is 2. The van der Waals surface area contributed by atoms with E-state index in [1.54, 1.807) is 6.08 Å². The topological polar surface area (TPSA) is 37.4 Å². The first kappa shape index (κ1) is 17.5. The number of nitrogens with zero attached hydrogens (tertiary/aromatic N) is 1. The molecule has 0 aromatic heterocycles. The van der Waals surface area contributed by atoms with Gasteiger partial charge in [0.05, 0.1) is 0 Å². The molecule has 0 amide bonds. The Morgan fingerprint density at radius 1 is 1.13 bits per heavy atom. The van der Waals surface area contributed by atoms with E-state index in [0.717, 1.165) is 24.9 Å². The standard InChI is InChI=1S/C20H27NO2/c1-2-21(15-13-19(22)17-9-5-3-6-10-17)16-14-20(23)18-11-7-4-8-12-18/h3,5-6,9-10,14,16,18H,2,4,7-8,11-13,15H2,1H3/b16-14+. The number of benzene rings is 1. The molecule has 0 saturated heterocycles. The molecule has 0 bridgehead atoms. The molecule has 0 atom stereocenters. The van der Waals surface area contributed by atoms with Crippen LogP contribution in [0.3, 0.4) is 0 Å². The van der Waals surface area contributed by atoms with Crippen molar-refractivity contribution in [2.75, 3.05) is 13.1 Å². The highest BCUT2D eigenvalue weighted by atomic mass is 16.1. The smallest absolute Gasteiger partial charge is 0.164 e. The summed E-state index contributed by atoms with van der Waals surface area (Å²) in [5, 5.41) is 0. The predicted octanol–water partition coefficient (Wildman–Crippen LogP) is 4.24. The summed E-state index contributed by atoms with van der Waals surface area (Å²) in [5.74, 6) is 0.609. The SMILES string of the molecule is CCN(/C=C/C(=O)C1CCCCC1)CCC(=O)c1ccccc1. The summed E-state index contributed by atoms with van der Waals surface area (Å²) in [5.41, 5.74) is 0.755. The zero-order chi connectivity index (χ0) is 16.5. The van der Waals surface area contributed by atoms with Gasteiger partial charge in [-0.2, -0.15) is 0 Å². The molecule has 3 heteroatoms. The molecule has 3 nitrogen and oxygen atoms in total. The first-order chi connectivity index (χ1) is 11.2. The third-order valence-corrected chi connectivity index (χ3v) is 4.59. The van der Waals surface area contributed by atoms with Gasteiger partial charge in [-0.05, 0) is 25.8 Å². The van der Waals surface area contributed by atoms with E-state index >= 15 is 0 Å². The average Bonchev–Trinajstić information content (AvgIpc) is 2.62. The number of hydrogen-bond donors (Lipinski definition) is 0. The summed E-state index contributed by atoms with van der Waals surface area (Å²) in [4.78, 5) is 26.4. The second-order valence-corrected chi connectivity index (χ2v) is 6.22. The van der Waals surface area contributed by atoms with Gasteiger partial charge >= 0.3 is 0 Å². The number of hydrogen-bond acceptors (Lipinski definition) is 3. The van der Waals surface area contributed by atoms with Crippen LogP contribution in [0.1, 0.15) is 55.8 Å². The van der Waals surface area contributed by atoms with E-state index in [1.807, 2.05) is 48.4 Å². The molecule has 0 N–H and O–H groups in total. The number of rotatable bonds is 8. The second-order valence-electron chi connectivity index (χ2n) is 6.22. The van der Waals surface area contributed by atoms with Crippen LogP contribution < -0.4 is 0 Å². The number of allylic oxidation sites excluding steroid dienone is 1. The first-order valence-electron chi connectivity index (χ1n) is 8.75. The van der Waals surface area contributed by atoms with E-state index in [1.165, 1.54) is 19.3 Å². The van der Waals surface area contributed by atoms with Crippen molar-refractivity contribution in [1.82, 2.24) is 4.90 Å². The van der Waals surface area contributed by atoms with Crippen molar-refractivity contribution in [3.8, 4) is 0 Å². The molecule has 1 saturated carbocycles. The Labute approximate surface area is 139 Å². The van der Waals surface area contributed by atoms with Gasteiger partial charge in [0.25, 0.3) is 0 Å². The van der Waals surface area contributed by atoms with Gasteiger partial charge in [0.2, 0.25) is 0 Å². The molecule has 0 unspecified atom stereocenters. The monoisotopic (exact) mass is 313 g/mol. The first-order valence-corrected chi connectivity index (χ1v) is 8.75. The molecule has 0 radical (unpaired) electrons. The number of carbonyl (C=O) groups is 2. The van der Waals surface area contributed by atoms with Crippen LogP contribution in [0, 0.1) is 5.92 Å². The zero-order valence-electron chi connectivity index (χ0n) is 14.0. The fourth-order valence-corrected chi connectivity index (χ4v) is 3.05. The van der Waals surface area contributed by atoms with Gasteiger partial charge in [-0.1, -0.05) is 49.6 Å². The zero-order valence-corrected chi connectivity index (χ0v) is 14.0. The highest BCUT2D eigenvalue weighted by Gasteiger charge is 2.18. The third-order valence-electron chi connectivity index (χ3n) is 4.59. The molecule has 0 spiro atoms. The molecule has 0 aliphatic heterocycles. The summed E-state index contributed by atoms with van der Waals surface area (Å²) >= 11 is 0. The van der Waals surface area contributed by atoms with Crippen LogP contribution in [-0.4, -0.2) is 29.6 Å². The number of Topliss-reactive ketones (excluding diaryl/α,β-unsaturated/α-hetero) is 1. The van der Waals surface area contributed by atoms with E-state index in [-0.39, 0.29) is 17.5 Å². The van der Waals surface area contributed by atoms with Gasteiger partial charge in [0.1, 0.15) is 0 Å². The lowest BCUT2D eigenvalue weighted by atomic mass is 9.86. The van der Waals surface area contributed by atoms with E-state index in [4.69, 9.17) is 0 Å². The van der Waals surface area contributed by atoms with Crippen LogP contribution >= 0.6 is 0 Å². The summed E-state index contributed by atoms with van der Waals surface area (Å²) in [6.07, 6.45) is 9.72. The van der Waals surface area contributed by atoms with Crippen molar-refractivity contribution in [3.05, 3.63) is 48.2 Å². The maximum Gasteiger partial charge on any atom is 0.164 e. The van der Waals surface area contributed by atoms with Gasteiger partial charge in [-0.3, -0.25) is 9.59 Å². The van der Waals surface area contributed by atoms with Gasteiger partial charge in [-0.25, -0.2) is 0 Å². The molecule has 2 rings (SSSR count). The van der Waals surface area contributed by atoms with Crippen molar-refractivity contribution >= 4 is 11.6 Å². The molecular weight excluding hydrogens is 286 g/mol. The quantitative estimate of drug-likeness (QED) is 0.532. The van der Waals surface area contributed by atoms with Crippen LogP contribution in [-0.2, 0) is 4.79 Å². The minimum absolute atomic E-state index is 0.149. The van der Waals surface area contributed by atoms with Crippen molar-refractivity contribution in [2.24, 2.45) is 5.92 Å². The molecule has 1 aromatic carbocycles. The summed E-state index contributed by atoms with van der Waals surface area (Å²) < 4.78 is 0. The molecule has 23 heavy (non-hydrogen) atoms. The van der Waals surface area contributed by atoms with Crippen LogP contribution in [0.5, 0.6) is 0 Å². The molecule has 1 fully saturated rings. The van der Waals surface area contributed by atoms with Crippen LogP contribution in [0.25, 0.3) is 0 Å². The maximum absolute atomic E-state index is 12.2. The summed E-state index contributed by atoms with van der Waals surface area (Å²) in [6, 6.07) is 9.37. The highest BCUT2D eigenvalue weighted by Crippen LogP contribution is 2.24. The summed E-state index contributed by atoms with van der Waals surface area (Å²) in [7, 11) is 0. The number of ketones is 2. The lowest BCUT2D eigenvalue weighted by Crippen LogP contribution is -2.22. The highest BCUT2D eigenvalue weighted by molar-refractivity contribution is 5.96. The fourth-order valence-electron chi connectivity index (χ4n) is 3.05. The normalized spacial score (nSPS) is 15.7. The van der Waals surface area contributed by atoms with E-state index < -0.39 is 0 Å². The van der Waals surface area contributed by atoms with Gasteiger partial charge < -0.3 is 4.90 Å². The fraction of sp³-hybridized carbons (Fsp3) is 0.500. The van der Waals surface area contributed by atoms with Crippen molar-refractivity contribution in [3.63, 3.8) is 0 Å². The maximum atomic E-state index is 12.2. The van der Waals surface area contributed by atoms with E-state index in [2.05, 4.69) is 0 Å². The molecule has 1 aliphatic rings. The average molecular weight is 313 g/mol. The Bertz CT molecular complexity index is 530. The van der Waals surface area contributed by atoms with Crippen molar-refractivity contribution in [2.45, 2.75) is 45.4 Å². The van der Waals surface area contributed by atoms with E-state index in [0.29, 0.717) is 13.0 Å². The van der Waals surface area contributed by atoms with Gasteiger partial charge in [0.15, 0.2) is 11.6 Å². The minimum atomic E-state index is 0.149. The van der Waals surface area contributed by atoms with Crippen LogP contribution in [0.2, 0.25) is 0 Å². The van der Waals surface area contributed by atoms with E-state index in [9.17, 15) is 9.59 Å². The van der Waals surface area contributed by atoms with Crippen molar-refractivity contribution in [1.29, 1.82) is 0 Å². The molecule has 1 aromatic rings. The summed E-state index contributed by atoms with van der Waals surface area (Å²) in [6.45, 7) is 3.50. The Hall–Kier alpha value is -1.90. The Morgan fingerprint density at radius 2 is 1.83 bits per heavy atom. The lowest BCUT2D eigenvalue weighted by Gasteiger charge is -2.20. The predicted molar refractivity (Wildman–Crippen MR) is 93.4 cm³/mol.